The number of hydrogen-bond acceptors (Lipinski definition) is 5. The second-order valence-electron chi connectivity index (χ2n) is 5.40. The van der Waals surface area contributed by atoms with Crippen molar-refractivity contribution < 1.29 is 19.1 Å². The van der Waals surface area contributed by atoms with E-state index in [1.54, 1.807) is 30.3 Å². The Hall–Kier alpha value is -2.05. The standard InChI is InChI=1S/C19H12Br2Cl2N2O4/c1-28-16(26)9-29-18-12(20)6-10(7-13(18)21)5-11(8-24)19(27)25-15-4-2-3-14(22)17(15)23/h2-7H,9H2,1H3,(H,25,27)/b11-5-. The Bertz CT molecular complexity index is 1010. The molecule has 0 atom stereocenters. The number of carbonyl (C=O) groups is 2. The van der Waals surface area contributed by atoms with Gasteiger partial charge in [-0.25, -0.2) is 4.79 Å². The number of rotatable bonds is 6. The number of ether oxygens (including phenoxy) is 2. The molecule has 0 bridgehead atoms. The average Bonchev–Trinajstić information content (AvgIpc) is 2.68. The van der Waals surface area contributed by atoms with Crippen LogP contribution in [0.5, 0.6) is 5.75 Å². The summed E-state index contributed by atoms with van der Waals surface area (Å²) < 4.78 is 11.0. The van der Waals surface area contributed by atoms with E-state index >= 15 is 0 Å². The minimum absolute atomic E-state index is 0.150. The number of carbonyl (C=O) groups excluding carboxylic acids is 2. The van der Waals surface area contributed by atoms with Gasteiger partial charge in [0.2, 0.25) is 0 Å². The number of amides is 1. The van der Waals surface area contributed by atoms with Gasteiger partial charge in [-0.2, -0.15) is 5.26 Å². The first-order valence-electron chi connectivity index (χ1n) is 7.82. The largest absolute Gasteiger partial charge is 0.480 e. The van der Waals surface area contributed by atoms with Crippen LogP contribution < -0.4 is 10.1 Å². The van der Waals surface area contributed by atoms with Crippen LogP contribution in [0, 0.1) is 11.3 Å². The molecule has 1 amide bonds. The van der Waals surface area contributed by atoms with E-state index < -0.39 is 11.9 Å². The zero-order valence-electron chi connectivity index (χ0n) is 14.8. The second-order valence-corrected chi connectivity index (χ2v) is 7.90. The second kappa shape index (κ2) is 10.6. The van der Waals surface area contributed by atoms with Crippen LogP contribution >= 0.6 is 55.1 Å². The maximum Gasteiger partial charge on any atom is 0.343 e. The molecule has 0 radical (unpaired) electrons. The van der Waals surface area contributed by atoms with Gasteiger partial charge in [0, 0.05) is 0 Å². The van der Waals surface area contributed by atoms with Crippen LogP contribution in [0.4, 0.5) is 5.69 Å². The number of benzene rings is 2. The minimum atomic E-state index is -0.644. The van der Waals surface area contributed by atoms with Crippen molar-refractivity contribution in [2.75, 3.05) is 19.0 Å². The lowest BCUT2D eigenvalue weighted by Gasteiger charge is -2.11. The van der Waals surface area contributed by atoms with Crippen LogP contribution in [0.3, 0.4) is 0 Å². The van der Waals surface area contributed by atoms with Crippen molar-refractivity contribution in [2.24, 2.45) is 0 Å². The molecule has 0 fully saturated rings. The molecule has 2 rings (SSSR count). The summed E-state index contributed by atoms with van der Waals surface area (Å²) in [5.41, 5.74) is 0.681. The van der Waals surface area contributed by atoms with Gasteiger partial charge in [-0.15, -0.1) is 0 Å². The molecule has 0 aliphatic rings. The summed E-state index contributed by atoms with van der Waals surface area (Å²) in [4.78, 5) is 23.7. The molecule has 0 aromatic heterocycles. The molecular weight excluding hydrogens is 551 g/mol. The Kier molecular flexibility index (Phi) is 8.53. The van der Waals surface area contributed by atoms with Crippen molar-refractivity contribution in [2.45, 2.75) is 0 Å². The van der Waals surface area contributed by atoms with Crippen LogP contribution in [-0.4, -0.2) is 25.6 Å². The fourth-order valence-electron chi connectivity index (χ4n) is 2.10. The highest BCUT2D eigenvalue weighted by Crippen LogP contribution is 2.35. The van der Waals surface area contributed by atoms with Crippen LogP contribution in [0.25, 0.3) is 6.08 Å². The summed E-state index contributed by atoms with van der Waals surface area (Å²) in [6.45, 7) is -0.269. The molecule has 0 unspecified atom stereocenters. The van der Waals surface area contributed by atoms with Crippen LogP contribution in [0.15, 0.2) is 44.9 Å². The number of nitrogens with one attached hydrogen (secondary N) is 1. The van der Waals surface area contributed by atoms with Gasteiger partial charge in [-0.3, -0.25) is 4.79 Å². The van der Waals surface area contributed by atoms with Gasteiger partial charge in [0.15, 0.2) is 6.61 Å². The summed E-state index contributed by atoms with van der Waals surface area (Å²) in [5.74, 6) is -0.799. The number of hydrogen-bond donors (Lipinski definition) is 1. The molecule has 10 heteroatoms. The normalized spacial score (nSPS) is 10.8. The highest BCUT2D eigenvalue weighted by atomic mass is 79.9. The Morgan fingerprint density at radius 3 is 2.48 bits per heavy atom. The molecule has 0 aliphatic carbocycles. The number of anilines is 1. The molecule has 29 heavy (non-hydrogen) atoms. The Labute approximate surface area is 193 Å². The molecule has 0 saturated heterocycles. The molecule has 0 saturated carbocycles. The van der Waals surface area contributed by atoms with E-state index in [1.165, 1.54) is 13.2 Å². The molecular formula is C19H12Br2Cl2N2O4. The molecule has 2 aromatic rings. The molecule has 2 aromatic carbocycles. The van der Waals surface area contributed by atoms with Gasteiger partial charge in [-0.1, -0.05) is 29.3 Å². The number of halogens is 4. The van der Waals surface area contributed by atoms with Crippen molar-refractivity contribution in [3.05, 3.63) is 60.5 Å². The average molecular weight is 563 g/mol. The van der Waals surface area contributed by atoms with Crippen LogP contribution in [0.2, 0.25) is 10.0 Å². The third kappa shape index (κ3) is 6.21. The summed E-state index contributed by atoms with van der Waals surface area (Å²) >= 11 is 18.7. The molecule has 150 valence electrons. The lowest BCUT2D eigenvalue weighted by Crippen LogP contribution is -2.14. The van der Waals surface area contributed by atoms with E-state index in [-0.39, 0.29) is 22.2 Å². The molecule has 0 spiro atoms. The fourth-order valence-corrected chi connectivity index (χ4v) is 3.89. The van der Waals surface area contributed by atoms with E-state index in [4.69, 9.17) is 27.9 Å². The Balaban J connectivity index is 2.26. The van der Waals surface area contributed by atoms with Crippen molar-refractivity contribution >= 4 is 78.7 Å². The van der Waals surface area contributed by atoms with E-state index in [1.807, 2.05) is 6.07 Å². The maximum absolute atomic E-state index is 12.5. The molecule has 0 heterocycles. The zero-order chi connectivity index (χ0) is 21.6. The monoisotopic (exact) mass is 560 g/mol. The smallest absolute Gasteiger partial charge is 0.343 e. The zero-order valence-corrected chi connectivity index (χ0v) is 19.4. The van der Waals surface area contributed by atoms with Crippen molar-refractivity contribution in [1.29, 1.82) is 5.26 Å². The predicted molar refractivity (Wildman–Crippen MR) is 118 cm³/mol. The highest BCUT2D eigenvalue weighted by Gasteiger charge is 2.15. The SMILES string of the molecule is COC(=O)COc1c(Br)cc(/C=C(/C#N)C(=O)Nc2cccc(Cl)c2Cl)cc1Br. The van der Waals surface area contributed by atoms with Crippen LogP contribution in [-0.2, 0) is 14.3 Å². The summed E-state index contributed by atoms with van der Waals surface area (Å²) in [7, 11) is 1.26. The van der Waals surface area contributed by atoms with E-state index in [2.05, 4.69) is 41.9 Å². The van der Waals surface area contributed by atoms with Crippen molar-refractivity contribution in [3.8, 4) is 11.8 Å². The van der Waals surface area contributed by atoms with E-state index in [0.29, 0.717) is 25.9 Å². The summed E-state index contributed by atoms with van der Waals surface area (Å²) in [6.07, 6.45) is 1.40. The minimum Gasteiger partial charge on any atom is -0.480 e. The number of nitriles is 1. The number of methoxy groups -OCH3 is 1. The number of esters is 1. The molecule has 6 nitrogen and oxygen atoms in total. The van der Waals surface area contributed by atoms with Gasteiger partial charge >= 0.3 is 5.97 Å². The lowest BCUT2D eigenvalue weighted by molar-refractivity contribution is -0.142. The van der Waals surface area contributed by atoms with Gasteiger partial charge in [0.1, 0.15) is 17.4 Å². The van der Waals surface area contributed by atoms with Crippen molar-refractivity contribution in [1.82, 2.24) is 0 Å². The first-order valence-corrected chi connectivity index (χ1v) is 10.2. The third-order valence-electron chi connectivity index (χ3n) is 3.46. The summed E-state index contributed by atoms with van der Waals surface area (Å²) in [5, 5.41) is 12.4. The molecule has 0 aliphatic heterocycles. The predicted octanol–water partition coefficient (Wildman–Crippen LogP) is 5.62. The lowest BCUT2D eigenvalue weighted by atomic mass is 10.1. The highest BCUT2D eigenvalue weighted by molar-refractivity contribution is 9.11. The van der Waals surface area contributed by atoms with E-state index in [0.717, 1.165) is 0 Å². The van der Waals surface area contributed by atoms with Crippen LogP contribution in [0.1, 0.15) is 5.56 Å². The van der Waals surface area contributed by atoms with E-state index in [9.17, 15) is 14.9 Å². The fraction of sp³-hybridized carbons (Fsp3) is 0.105. The van der Waals surface area contributed by atoms with Gasteiger partial charge < -0.3 is 14.8 Å². The first kappa shape index (κ1) is 23.2. The quantitative estimate of drug-likeness (QED) is 0.281. The van der Waals surface area contributed by atoms with Gasteiger partial charge in [0.05, 0.1) is 31.8 Å². The molecule has 1 N–H and O–H groups in total. The Morgan fingerprint density at radius 1 is 1.24 bits per heavy atom. The Morgan fingerprint density at radius 2 is 1.90 bits per heavy atom. The summed E-state index contributed by atoms with van der Waals surface area (Å²) in [6, 6.07) is 9.90. The third-order valence-corrected chi connectivity index (χ3v) is 5.46. The maximum atomic E-state index is 12.5. The van der Waals surface area contributed by atoms with Crippen molar-refractivity contribution in [3.63, 3.8) is 0 Å². The van der Waals surface area contributed by atoms with Gasteiger partial charge in [-0.05, 0) is 67.8 Å². The van der Waals surface area contributed by atoms with Gasteiger partial charge in [0.25, 0.3) is 5.91 Å². The topological polar surface area (TPSA) is 88.4 Å². The first-order chi connectivity index (χ1) is 13.8. The number of nitrogens with zero attached hydrogens (tertiary/aromatic N) is 1.